The Balaban J connectivity index is 1.72. The van der Waals surface area contributed by atoms with Gasteiger partial charge in [-0.05, 0) is 19.1 Å². The number of nitrogens with one attached hydrogen (secondary N) is 3. The van der Waals surface area contributed by atoms with Gasteiger partial charge in [0, 0.05) is 17.6 Å². The van der Waals surface area contributed by atoms with E-state index >= 15 is 0 Å². The zero-order valence-electron chi connectivity index (χ0n) is 11.8. The van der Waals surface area contributed by atoms with E-state index in [9.17, 15) is 18.0 Å². The van der Waals surface area contributed by atoms with Crippen molar-refractivity contribution >= 4 is 44.6 Å². The molecule has 1 fully saturated rings. The molecule has 0 saturated carbocycles. The van der Waals surface area contributed by atoms with E-state index in [1.54, 1.807) is 12.3 Å². The number of rotatable bonds is 5. The normalized spacial score (nSPS) is 18.0. The fourth-order valence-electron chi connectivity index (χ4n) is 1.94. The van der Waals surface area contributed by atoms with Crippen LogP contribution in [0.1, 0.15) is 5.01 Å². The van der Waals surface area contributed by atoms with Gasteiger partial charge in [-0.1, -0.05) is 0 Å². The number of thiazole rings is 1. The van der Waals surface area contributed by atoms with Crippen LogP contribution in [-0.2, 0) is 14.8 Å². The molecule has 1 atom stereocenters. The Morgan fingerprint density at radius 3 is 2.65 bits per heavy atom. The highest BCUT2D eigenvalue weighted by molar-refractivity contribution is 7.91. The van der Waals surface area contributed by atoms with Crippen molar-refractivity contribution in [2.75, 3.05) is 6.54 Å². The number of hydrogen-bond acceptors (Lipinski definition) is 7. The van der Waals surface area contributed by atoms with E-state index in [4.69, 9.17) is 0 Å². The first-order chi connectivity index (χ1) is 10.8. The van der Waals surface area contributed by atoms with E-state index in [2.05, 4.69) is 15.0 Å². The molecule has 0 aromatic carbocycles. The number of carbonyl (C=O) groups excluding carboxylic acids is 2. The third kappa shape index (κ3) is 3.42. The molecule has 3 amide bonds. The molecule has 8 nitrogen and oxygen atoms in total. The highest BCUT2D eigenvalue weighted by Gasteiger charge is 2.31. The Bertz CT molecular complexity index is 871. The fourth-order valence-corrected chi connectivity index (χ4v) is 5.19. The van der Waals surface area contributed by atoms with Crippen molar-refractivity contribution < 1.29 is 18.0 Å². The summed E-state index contributed by atoms with van der Waals surface area (Å²) in [6.07, 6.45) is 1.70. The smallest absolute Gasteiger partial charge is 0.322 e. The summed E-state index contributed by atoms with van der Waals surface area (Å²) in [6, 6.07) is 1.69. The Kier molecular flexibility index (Phi) is 4.19. The molecule has 1 unspecified atom stereocenters. The number of urea groups is 1. The molecule has 23 heavy (non-hydrogen) atoms. The molecule has 122 valence electrons. The second-order valence-corrected chi connectivity index (χ2v) is 9.04. The molecule has 0 aliphatic carbocycles. The monoisotopic (exact) mass is 372 g/mol. The zero-order valence-corrected chi connectivity index (χ0v) is 14.3. The third-order valence-corrected chi connectivity index (χ3v) is 7.16. The molecule has 0 spiro atoms. The first kappa shape index (κ1) is 16.1. The highest BCUT2D eigenvalue weighted by Crippen LogP contribution is 2.33. The number of carbonyl (C=O) groups is 2. The summed E-state index contributed by atoms with van der Waals surface area (Å²) in [4.78, 5) is 28.2. The minimum atomic E-state index is -3.75. The molecule has 3 heterocycles. The van der Waals surface area contributed by atoms with Crippen LogP contribution < -0.4 is 15.4 Å². The molecule has 3 N–H and O–H groups in total. The van der Waals surface area contributed by atoms with E-state index in [0.29, 0.717) is 0 Å². The maximum atomic E-state index is 12.3. The number of imide groups is 1. The van der Waals surface area contributed by atoms with E-state index in [1.807, 2.05) is 12.2 Å². The molecule has 1 aliphatic heterocycles. The van der Waals surface area contributed by atoms with Crippen LogP contribution in [0.25, 0.3) is 9.75 Å². The summed E-state index contributed by atoms with van der Waals surface area (Å²) >= 11 is 2.60. The van der Waals surface area contributed by atoms with Crippen molar-refractivity contribution in [1.29, 1.82) is 0 Å². The lowest BCUT2D eigenvalue weighted by atomic mass is 10.3. The van der Waals surface area contributed by atoms with Crippen LogP contribution in [0.2, 0.25) is 0 Å². The molecule has 11 heteroatoms. The summed E-state index contributed by atoms with van der Waals surface area (Å²) in [6.45, 7) is 1.68. The van der Waals surface area contributed by atoms with Crippen LogP contribution in [0.4, 0.5) is 4.79 Å². The molecule has 1 saturated heterocycles. The number of aromatic nitrogens is 1. The van der Waals surface area contributed by atoms with Crippen molar-refractivity contribution in [3.8, 4) is 9.75 Å². The van der Waals surface area contributed by atoms with Gasteiger partial charge in [-0.3, -0.25) is 10.1 Å². The van der Waals surface area contributed by atoms with Gasteiger partial charge in [0.15, 0.2) is 0 Å². The number of aryl methyl sites for hydroxylation is 1. The maximum absolute atomic E-state index is 12.3. The highest BCUT2D eigenvalue weighted by atomic mass is 32.2. The lowest BCUT2D eigenvalue weighted by Gasteiger charge is -2.08. The van der Waals surface area contributed by atoms with Crippen molar-refractivity contribution in [3.63, 3.8) is 0 Å². The van der Waals surface area contributed by atoms with E-state index in [-0.39, 0.29) is 10.8 Å². The topological polar surface area (TPSA) is 117 Å². The predicted molar refractivity (Wildman–Crippen MR) is 85.8 cm³/mol. The summed E-state index contributed by atoms with van der Waals surface area (Å²) in [5, 5.41) is 5.28. The zero-order chi connectivity index (χ0) is 16.6. The minimum Gasteiger partial charge on any atom is -0.325 e. The number of hydrogen-bond donors (Lipinski definition) is 3. The Morgan fingerprint density at radius 1 is 1.26 bits per heavy atom. The average Bonchev–Trinajstić information content (AvgIpc) is 3.17. The maximum Gasteiger partial charge on any atom is 0.322 e. The quantitative estimate of drug-likeness (QED) is 0.667. The van der Waals surface area contributed by atoms with Crippen molar-refractivity contribution in [1.82, 2.24) is 20.3 Å². The summed E-state index contributed by atoms with van der Waals surface area (Å²) in [5.41, 5.74) is 0. The predicted octanol–water partition coefficient (Wildman–Crippen LogP) is 0.666. The van der Waals surface area contributed by atoms with Crippen LogP contribution in [0, 0.1) is 6.92 Å². The summed E-state index contributed by atoms with van der Waals surface area (Å²) in [7, 11) is -3.75. The lowest BCUT2D eigenvalue weighted by molar-refractivity contribution is -0.120. The average molecular weight is 372 g/mol. The Labute approximate surface area is 140 Å². The molecule has 2 aromatic rings. The summed E-state index contributed by atoms with van der Waals surface area (Å²) < 4.78 is 27.0. The standard InChI is InChI=1S/C12H12N4O4S3/c1-6-13-5-9(21-6)8-2-3-10(22-8)23(19,20)14-4-7-11(17)16-12(18)15-7/h2-3,5,7,14H,4H2,1H3,(H2,15,16,17,18). The van der Waals surface area contributed by atoms with E-state index in [0.717, 1.165) is 26.1 Å². The van der Waals surface area contributed by atoms with Gasteiger partial charge in [0.05, 0.1) is 9.88 Å². The van der Waals surface area contributed by atoms with Crippen molar-refractivity contribution in [3.05, 3.63) is 23.3 Å². The second kappa shape index (κ2) is 6.00. The van der Waals surface area contributed by atoms with Crippen molar-refractivity contribution in [2.45, 2.75) is 17.2 Å². The van der Waals surface area contributed by atoms with Gasteiger partial charge in [-0.15, -0.1) is 22.7 Å². The number of nitrogens with zero attached hydrogens (tertiary/aromatic N) is 1. The number of thiophene rings is 1. The lowest BCUT2D eigenvalue weighted by Crippen LogP contribution is -2.41. The van der Waals surface area contributed by atoms with Crippen LogP contribution >= 0.6 is 22.7 Å². The first-order valence-electron chi connectivity index (χ1n) is 6.49. The SMILES string of the molecule is Cc1ncc(-c2ccc(S(=O)(=O)NCC3NC(=O)NC3=O)s2)s1. The second-order valence-electron chi connectivity index (χ2n) is 4.73. The van der Waals surface area contributed by atoms with E-state index in [1.165, 1.54) is 17.4 Å². The molecule has 1 aliphatic rings. The van der Waals surface area contributed by atoms with Crippen LogP contribution in [-0.4, -0.2) is 37.9 Å². The Morgan fingerprint density at radius 2 is 2.04 bits per heavy atom. The summed E-state index contributed by atoms with van der Waals surface area (Å²) in [5.74, 6) is -0.551. The molecular formula is C12H12N4O4S3. The molecule has 0 radical (unpaired) electrons. The fraction of sp³-hybridized carbons (Fsp3) is 0.250. The van der Waals surface area contributed by atoms with Gasteiger partial charge in [0.25, 0.3) is 5.91 Å². The molecular weight excluding hydrogens is 360 g/mol. The van der Waals surface area contributed by atoms with E-state index < -0.39 is 28.0 Å². The van der Waals surface area contributed by atoms with Gasteiger partial charge >= 0.3 is 6.03 Å². The first-order valence-corrected chi connectivity index (χ1v) is 9.60. The van der Waals surface area contributed by atoms with Crippen molar-refractivity contribution in [2.24, 2.45) is 0 Å². The van der Waals surface area contributed by atoms with Crippen LogP contribution in [0.5, 0.6) is 0 Å². The van der Waals surface area contributed by atoms with Gasteiger partial charge in [-0.2, -0.15) is 0 Å². The van der Waals surface area contributed by atoms with Gasteiger partial charge in [0.2, 0.25) is 10.0 Å². The number of amides is 3. The molecule has 3 rings (SSSR count). The van der Waals surface area contributed by atoms with Gasteiger partial charge in [-0.25, -0.2) is 22.9 Å². The van der Waals surface area contributed by atoms with Gasteiger partial charge < -0.3 is 5.32 Å². The van der Waals surface area contributed by atoms with Crippen LogP contribution in [0.15, 0.2) is 22.5 Å². The Hall–Kier alpha value is -1.82. The minimum absolute atomic E-state index is 0.142. The largest absolute Gasteiger partial charge is 0.325 e. The molecule has 0 bridgehead atoms. The molecule has 2 aromatic heterocycles. The van der Waals surface area contributed by atoms with Gasteiger partial charge in [0.1, 0.15) is 10.3 Å². The third-order valence-electron chi connectivity index (χ3n) is 3.05. The number of sulfonamides is 1. The van der Waals surface area contributed by atoms with Crippen LogP contribution in [0.3, 0.4) is 0 Å².